The number of sulfonamides is 1. The van der Waals surface area contributed by atoms with Crippen LogP contribution in [0.5, 0.6) is 0 Å². The third-order valence-corrected chi connectivity index (χ3v) is 5.01. The standard InChI is InChI=1S/C13H28N2O3S/c1-11(10-18-2)7-13(14)8-12-5-4-6-15(9-12)19(3,16)17/h11-13H,4-10,14H2,1-3H3. The van der Waals surface area contributed by atoms with Crippen LogP contribution in [0, 0.1) is 11.8 Å². The highest BCUT2D eigenvalue weighted by molar-refractivity contribution is 7.88. The van der Waals surface area contributed by atoms with Crippen molar-refractivity contribution < 1.29 is 13.2 Å². The minimum Gasteiger partial charge on any atom is -0.384 e. The molecule has 1 aliphatic rings. The van der Waals surface area contributed by atoms with Crippen molar-refractivity contribution in [3.8, 4) is 0 Å². The molecule has 0 aliphatic carbocycles. The van der Waals surface area contributed by atoms with Crippen molar-refractivity contribution in [1.82, 2.24) is 4.31 Å². The van der Waals surface area contributed by atoms with Crippen molar-refractivity contribution in [2.24, 2.45) is 17.6 Å². The van der Waals surface area contributed by atoms with Crippen LogP contribution in [-0.2, 0) is 14.8 Å². The Kier molecular flexibility index (Phi) is 6.73. The maximum absolute atomic E-state index is 11.6. The van der Waals surface area contributed by atoms with E-state index in [0.29, 0.717) is 24.9 Å². The molecule has 19 heavy (non-hydrogen) atoms. The van der Waals surface area contributed by atoms with Gasteiger partial charge in [0.25, 0.3) is 0 Å². The number of piperidine rings is 1. The van der Waals surface area contributed by atoms with Gasteiger partial charge in [-0.15, -0.1) is 0 Å². The van der Waals surface area contributed by atoms with E-state index in [1.54, 1.807) is 11.4 Å². The summed E-state index contributed by atoms with van der Waals surface area (Å²) in [5.74, 6) is 0.850. The molecule has 0 radical (unpaired) electrons. The monoisotopic (exact) mass is 292 g/mol. The number of hydrogen-bond donors (Lipinski definition) is 1. The van der Waals surface area contributed by atoms with Crippen LogP contribution in [0.4, 0.5) is 0 Å². The molecule has 0 spiro atoms. The molecule has 1 rings (SSSR count). The zero-order valence-corrected chi connectivity index (χ0v) is 13.2. The van der Waals surface area contributed by atoms with Gasteiger partial charge in [0.05, 0.1) is 6.26 Å². The van der Waals surface area contributed by atoms with Crippen molar-refractivity contribution in [3.63, 3.8) is 0 Å². The summed E-state index contributed by atoms with van der Waals surface area (Å²) in [5, 5.41) is 0. The van der Waals surface area contributed by atoms with Gasteiger partial charge in [0.15, 0.2) is 0 Å². The number of nitrogens with two attached hydrogens (primary N) is 1. The molecule has 6 heteroatoms. The molecule has 3 unspecified atom stereocenters. The Bertz CT molecular complexity index is 359. The average Bonchev–Trinajstić information content (AvgIpc) is 2.28. The van der Waals surface area contributed by atoms with Gasteiger partial charge in [-0.2, -0.15) is 0 Å². The van der Waals surface area contributed by atoms with Crippen LogP contribution in [-0.4, -0.2) is 51.8 Å². The number of methoxy groups -OCH3 is 1. The third-order valence-electron chi connectivity index (χ3n) is 3.74. The SMILES string of the molecule is COCC(C)CC(N)CC1CCCN(S(C)(=O)=O)C1. The van der Waals surface area contributed by atoms with Crippen LogP contribution in [0.15, 0.2) is 0 Å². The van der Waals surface area contributed by atoms with Crippen molar-refractivity contribution in [1.29, 1.82) is 0 Å². The second kappa shape index (κ2) is 7.57. The lowest BCUT2D eigenvalue weighted by molar-refractivity contribution is 0.148. The Morgan fingerprint density at radius 3 is 2.74 bits per heavy atom. The van der Waals surface area contributed by atoms with Gasteiger partial charge in [-0.1, -0.05) is 6.92 Å². The normalized spacial score (nSPS) is 25.2. The molecule has 0 aromatic heterocycles. The van der Waals surface area contributed by atoms with Gasteiger partial charge in [-0.25, -0.2) is 12.7 Å². The van der Waals surface area contributed by atoms with E-state index in [1.165, 1.54) is 6.26 Å². The number of ether oxygens (including phenoxy) is 1. The summed E-state index contributed by atoms with van der Waals surface area (Å²) in [5.41, 5.74) is 6.17. The minimum atomic E-state index is -3.05. The average molecular weight is 292 g/mol. The predicted octanol–water partition coefficient (Wildman–Crippen LogP) is 1.05. The quantitative estimate of drug-likeness (QED) is 0.761. The summed E-state index contributed by atoms with van der Waals surface area (Å²) in [6.07, 6.45) is 5.15. The highest BCUT2D eigenvalue weighted by atomic mass is 32.2. The second-order valence-electron chi connectivity index (χ2n) is 5.92. The Balaban J connectivity index is 2.40. The Morgan fingerprint density at radius 2 is 2.16 bits per heavy atom. The maximum Gasteiger partial charge on any atom is 0.211 e. The summed E-state index contributed by atoms with van der Waals surface area (Å²) < 4.78 is 29.8. The molecular formula is C13H28N2O3S. The molecule has 1 heterocycles. The summed E-state index contributed by atoms with van der Waals surface area (Å²) in [6.45, 7) is 4.15. The van der Waals surface area contributed by atoms with E-state index in [2.05, 4.69) is 6.92 Å². The summed E-state index contributed by atoms with van der Waals surface area (Å²) in [7, 11) is -1.35. The first-order chi connectivity index (χ1) is 8.82. The molecule has 0 saturated carbocycles. The maximum atomic E-state index is 11.6. The van der Waals surface area contributed by atoms with Crippen LogP contribution < -0.4 is 5.73 Å². The number of rotatable bonds is 7. The van der Waals surface area contributed by atoms with Crippen LogP contribution >= 0.6 is 0 Å². The first kappa shape index (κ1) is 16.9. The van der Waals surface area contributed by atoms with E-state index < -0.39 is 10.0 Å². The van der Waals surface area contributed by atoms with E-state index >= 15 is 0 Å². The molecule has 0 aromatic rings. The van der Waals surface area contributed by atoms with Crippen LogP contribution in [0.1, 0.15) is 32.6 Å². The highest BCUT2D eigenvalue weighted by Crippen LogP contribution is 2.23. The molecular weight excluding hydrogens is 264 g/mol. The van der Waals surface area contributed by atoms with Crippen molar-refractivity contribution >= 4 is 10.0 Å². The Hall–Kier alpha value is -0.170. The second-order valence-corrected chi connectivity index (χ2v) is 7.90. The van der Waals surface area contributed by atoms with Gasteiger partial charge in [0, 0.05) is 32.8 Å². The lowest BCUT2D eigenvalue weighted by Crippen LogP contribution is -2.41. The van der Waals surface area contributed by atoms with E-state index in [9.17, 15) is 8.42 Å². The van der Waals surface area contributed by atoms with Crippen LogP contribution in [0.2, 0.25) is 0 Å². The van der Waals surface area contributed by atoms with Gasteiger partial charge in [0.1, 0.15) is 0 Å². The molecule has 1 aliphatic heterocycles. The number of hydrogen-bond acceptors (Lipinski definition) is 4. The first-order valence-corrected chi connectivity index (χ1v) is 8.87. The Labute approximate surface area is 117 Å². The molecule has 2 N–H and O–H groups in total. The van der Waals surface area contributed by atoms with Gasteiger partial charge in [-0.05, 0) is 37.5 Å². The molecule has 1 fully saturated rings. The van der Waals surface area contributed by atoms with Crippen molar-refractivity contribution in [2.75, 3.05) is 33.1 Å². The summed E-state index contributed by atoms with van der Waals surface area (Å²) in [4.78, 5) is 0. The van der Waals surface area contributed by atoms with Gasteiger partial charge in [0.2, 0.25) is 10.0 Å². The molecule has 0 bridgehead atoms. The van der Waals surface area contributed by atoms with E-state index in [4.69, 9.17) is 10.5 Å². The zero-order valence-electron chi connectivity index (χ0n) is 12.3. The molecule has 3 atom stereocenters. The highest BCUT2D eigenvalue weighted by Gasteiger charge is 2.27. The van der Waals surface area contributed by atoms with Crippen molar-refractivity contribution in [3.05, 3.63) is 0 Å². The van der Waals surface area contributed by atoms with E-state index in [1.807, 2.05) is 0 Å². The molecule has 114 valence electrons. The van der Waals surface area contributed by atoms with Crippen molar-refractivity contribution in [2.45, 2.75) is 38.6 Å². The largest absolute Gasteiger partial charge is 0.384 e. The van der Waals surface area contributed by atoms with Crippen LogP contribution in [0.25, 0.3) is 0 Å². The smallest absolute Gasteiger partial charge is 0.211 e. The summed E-state index contributed by atoms with van der Waals surface area (Å²) >= 11 is 0. The lowest BCUT2D eigenvalue weighted by Gasteiger charge is -2.32. The van der Waals surface area contributed by atoms with Gasteiger partial charge < -0.3 is 10.5 Å². The van der Waals surface area contributed by atoms with Gasteiger partial charge >= 0.3 is 0 Å². The molecule has 0 aromatic carbocycles. The Morgan fingerprint density at radius 1 is 1.47 bits per heavy atom. The molecule has 1 saturated heterocycles. The lowest BCUT2D eigenvalue weighted by atomic mass is 9.89. The van der Waals surface area contributed by atoms with Crippen LogP contribution in [0.3, 0.4) is 0 Å². The zero-order chi connectivity index (χ0) is 14.5. The minimum absolute atomic E-state index is 0.134. The molecule has 0 amide bonds. The fourth-order valence-corrected chi connectivity index (χ4v) is 3.86. The first-order valence-electron chi connectivity index (χ1n) is 7.02. The number of nitrogens with zero attached hydrogens (tertiary/aromatic N) is 1. The third kappa shape index (κ3) is 6.21. The van der Waals surface area contributed by atoms with E-state index in [0.717, 1.165) is 32.3 Å². The summed E-state index contributed by atoms with van der Waals surface area (Å²) in [6, 6.07) is 0.134. The van der Waals surface area contributed by atoms with Gasteiger partial charge in [-0.3, -0.25) is 0 Å². The fourth-order valence-electron chi connectivity index (χ4n) is 2.91. The fraction of sp³-hybridized carbons (Fsp3) is 1.00. The molecule has 5 nitrogen and oxygen atoms in total. The topological polar surface area (TPSA) is 72.6 Å². The van der Waals surface area contributed by atoms with E-state index in [-0.39, 0.29) is 6.04 Å². The predicted molar refractivity (Wildman–Crippen MR) is 77.4 cm³/mol.